The van der Waals surface area contributed by atoms with Crippen LogP contribution in [0.5, 0.6) is 0 Å². The number of rotatable bonds is 0. The van der Waals surface area contributed by atoms with E-state index >= 15 is 0 Å². The van der Waals surface area contributed by atoms with Crippen LogP contribution < -0.4 is 9.80 Å². The number of nitrogens with zero attached hydrogens (tertiary/aromatic N) is 2. The van der Waals surface area contributed by atoms with Crippen molar-refractivity contribution in [3.05, 3.63) is 48.5 Å². The minimum absolute atomic E-state index is 1.10. The Morgan fingerprint density at radius 2 is 1.26 bits per heavy atom. The predicted octanol–water partition coefficient (Wildman–Crippen LogP) is 4.86. The van der Waals surface area contributed by atoms with Crippen molar-refractivity contribution >= 4 is 43.7 Å². The second-order valence-electron chi connectivity index (χ2n) is 6.79. The van der Waals surface area contributed by atoms with E-state index in [0.717, 1.165) is 13.1 Å². The number of hydrogen-bond donors (Lipinski definition) is 0. The van der Waals surface area contributed by atoms with Crippen molar-refractivity contribution in [3.8, 4) is 0 Å². The standard InChI is InChI=1S/C21H20N2/c1-22-11-4-12-23(2)19-13-18(22)16-9-7-14-5-3-6-15-8-10-17(19)21(16)20(14)15/h3,5-10,13H,4,11-12H2,1-2H3. The van der Waals surface area contributed by atoms with Crippen LogP contribution in [0.4, 0.5) is 11.4 Å². The van der Waals surface area contributed by atoms with Crippen molar-refractivity contribution in [3.63, 3.8) is 0 Å². The average molecular weight is 300 g/mol. The molecule has 2 nitrogen and oxygen atoms in total. The molecule has 4 aromatic rings. The molecule has 0 atom stereocenters. The Labute approximate surface area is 136 Å². The molecule has 2 heteroatoms. The highest BCUT2D eigenvalue weighted by molar-refractivity contribution is 6.27. The van der Waals surface area contributed by atoms with Gasteiger partial charge in [0.2, 0.25) is 0 Å². The van der Waals surface area contributed by atoms with E-state index in [2.05, 4.69) is 72.4 Å². The molecule has 1 aliphatic rings. The lowest BCUT2D eigenvalue weighted by atomic mass is 9.91. The number of hydrogen-bond acceptors (Lipinski definition) is 2. The van der Waals surface area contributed by atoms with E-state index in [0.29, 0.717) is 0 Å². The van der Waals surface area contributed by atoms with E-state index in [1.807, 2.05) is 0 Å². The molecule has 0 spiro atoms. The largest absolute Gasteiger partial charge is 0.374 e. The molecule has 23 heavy (non-hydrogen) atoms. The van der Waals surface area contributed by atoms with Gasteiger partial charge in [0.1, 0.15) is 0 Å². The minimum Gasteiger partial charge on any atom is -0.374 e. The molecule has 4 aromatic carbocycles. The predicted molar refractivity (Wildman–Crippen MR) is 101 cm³/mol. The summed E-state index contributed by atoms with van der Waals surface area (Å²) < 4.78 is 0. The zero-order valence-electron chi connectivity index (χ0n) is 13.6. The maximum Gasteiger partial charge on any atom is 0.0464 e. The molecule has 0 amide bonds. The normalized spacial score (nSPS) is 15.6. The third-order valence-electron chi connectivity index (χ3n) is 5.41. The monoisotopic (exact) mass is 300 g/mol. The molecule has 0 unspecified atom stereocenters. The smallest absolute Gasteiger partial charge is 0.0464 e. The number of fused-ring (bicyclic) bond motifs is 4. The summed E-state index contributed by atoms with van der Waals surface area (Å²) in [4.78, 5) is 4.84. The summed E-state index contributed by atoms with van der Waals surface area (Å²) in [7, 11) is 4.45. The molecule has 0 fully saturated rings. The fourth-order valence-corrected chi connectivity index (χ4v) is 4.21. The van der Waals surface area contributed by atoms with Crippen LogP contribution in [0, 0.1) is 0 Å². The molecular formula is C21H20N2. The highest BCUT2D eigenvalue weighted by atomic mass is 15.1. The van der Waals surface area contributed by atoms with Gasteiger partial charge in [0.05, 0.1) is 0 Å². The van der Waals surface area contributed by atoms with Gasteiger partial charge in [-0.2, -0.15) is 0 Å². The molecule has 5 rings (SSSR count). The second kappa shape index (κ2) is 4.51. The van der Waals surface area contributed by atoms with Crippen molar-refractivity contribution in [1.82, 2.24) is 0 Å². The average Bonchev–Trinajstić information content (AvgIpc) is 2.58. The van der Waals surface area contributed by atoms with Crippen LogP contribution in [0.2, 0.25) is 0 Å². The second-order valence-corrected chi connectivity index (χ2v) is 6.79. The quantitative estimate of drug-likeness (QED) is 0.428. The fraction of sp³-hybridized carbons (Fsp3) is 0.238. The van der Waals surface area contributed by atoms with E-state index in [1.54, 1.807) is 0 Å². The Morgan fingerprint density at radius 3 is 1.83 bits per heavy atom. The van der Waals surface area contributed by atoms with Crippen LogP contribution in [0.1, 0.15) is 6.42 Å². The first-order chi connectivity index (χ1) is 11.2. The van der Waals surface area contributed by atoms with Crippen molar-refractivity contribution in [2.45, 2.75) is 6.42 Å². The number of anilines is 2. The lowest BCUT2D eigenvalue weighted by Crippen LogP contribution is -2.28. The molecule has 1 heterocycles. The van der Waals surface area contributed by atoms with Crippen molar-refractivity contribution < 1.29 is 0 Å². The Bertz CT molecular complexity index is 959. The van der Waals surface area contributed by atoms with Gasteiger partial charge in [0.25, 0.3) is 0 Å². The van der Waals surface area contributed by atoms with E-state index in [1.165, 1.54) is 50.1 Å². The zero-order chi connectivity index (χ0) is 15.6. The minimum atomic E-state index is 1.10. The van der Waals surface area contributed by atoms with Gasteiger partial charge in [-0.05, 0) is 28.6 Å². The van der Waals surface area contributed by atoms with Crippen LogP contribution in [0.25, 0.3) is 32.3 Å². The van der Waals surface area contributed by atoms with Gasteiger partial charge in [-0.25, -0.2) is 0 Å². The summed E-state index contributed by atoms with van der Waals surface area (Å²) in [6.45, 7) is 2.21. The van der Waals surface area contributed by atoms with Gasteiger partial charge in [-0.15, -0.1) is 0 Å². The highest BCUT2D eigenvalue weighted by Crippen LogP contribution is 2.43. The first-order valence-electron chi connectivity index (χ1n) is 8.37. The molecule has 0 aromatic heterocycles. The zero-order valence-corrected chi connectivity index (χ0v) is 13.6. The van der Waals surface area contributed by atoms with Gasteiger partial charge in [0, 0.05) is 54.7 Å². The summed E-state index contributed by atoms with van der Waals surface area (Å²) in [5, 5.41) is 8.27. The van der Waals surface area contributed by atoms with Crippen LogP contribution in [-0.2, 0) is 0 Å². The van der Waals surface area contributed by atoms with Crippen molar-refractivity contribution in [2.75, 3.05) is 37.0 Å². The van der Waals surface area contributed by atoms with Gasteiger partial charge in [-0.3, -0.25) is 0 Å². The van der Waals surface area contributed by atoms with E-state index < -0.39 is 0 Å². The molecular weight excluding hydrogens is 280 g/mol. The van der Waals surface area contributed by atoms with E-state index in [9.17, 15) is 0 Å². The third kappa shape index (κ3) is 1.69. The van der Waals surface area contributed by atoms with Gasteiger partial charge >= 0.3 is 0 Å². The van der Waals surface area contributed by atoms with Crippen molar-refractivity contribution in [1.29, 1.82) is 0 Å². The molecule has 1 aliphatic heterocycles. The summed E-state index contributed by atoms with van der Waals surface area (Å²) in [5.41, 5.74) is 2.72. The van der Waals surface area contributed by atoms with E-state index in [4.69, 9.17) is 0 Å². The molecule has 0 radical (unpaired) electrons. The van der Waals surface area contributed by atoms with Crippen LogP contribution in [0.3, 0.4) is 0 Å². The summed E-state index contributed by atoms with van der Waals surface area (Å²) in [5.74, 6) is 0. The van der Waals surface area contributed by atoms with Gasteiger partial charge in [0.15, 0.2) is 0 Å². The lowest BCUT2D eigenvalue weighted by Gasteiger charge is -2.31. The fourth-order valence-electron chi connectivity index (χ4n) is 4.21. The van der Waals surface area contributed by atoms with Crippen LogP contribution in [-0.4, -0.2) is 27.2 Å². The lowest BCUT2D eigenvalue weighted by molar-refractivity contribution is 0.757. The van der Waals surface area contributed by atoms with Crippen molar-refractivity contribution in [2.24, 2.45) is 0 Å². The van der Waals surface area contributed by atoms with Crippen LogP contribution in [0.15, 0.2) is 48.5 Å². The Morgan fingerprint density at radius 1 is 0.696 bits per heavy atom. The molecule has 0 aliphatic carbocycles. The molecule has 2 bridgehead atoms. The number of benzene rings is 4. The third-order valence-corrected chi connectivity index (χ3v) is 5.41. The maximum absolute atomic E-state index is 2.42. The Balaban J connectivity index is 2.06. The SMILES string of the molecule is CN1CCCN(C)c2cc1c1ccc3cccc4ccc2c1c34. The van der Waals surface area contributed by atoms with Gasteiger partial charge in [-0.1, -0.05) is 42.5 Å². The molecule has 0 saturated carbocycles. The Kier molecular flexibility index (Phi) is 2.55. The van der Waals surface area contributed by atoms with Gasteiger partial charge < -0.3 is 9.80 Å². The topological polar surface area (TPSA) is 6.48 Å². The molecule has 114 valence electrons. The highest BCUT2D eigenvalue weighted by Gasteiger charge is 2.19. The van der Waals surface area contributed by atoms with E-state index in [-0.39, 0.29) is 0 Å². The Hall–Kier alpha value is -2.48. The molecule has 0 N–H and O–H groups in total. The first-order valence-corrected chi connectivity index (χ1v) is 8.37. The first kappa shape index (κ1) is 13.0. The van der Waals surface area contributed by atoms with Crippen LogP contribution >= 0.6 is 0 Å². The molecule has 0 saturated heterocycles. The summed E-state index contributed by atoms with van der Waals surface area (Å²) >= 11 is 0. The summed E-state index contributed by atoms with van der Waals surface area (Å²) in [6.07, 6.45) is 1.19. The maximum atomic E-state index is 2.42. The summed E-state index contributed by atoms with van der Waals surface area (Å²) in [6, 6.07) is 18.2.